The molecule has 3 nitrogen and oxygen atoms in total. The maximum absolute atomic E-state index is 2.42. The number of rotatable bonds is 8. The predicted octanol–water partition coefficient (Wildman–Crippen LogP) is 17.5. The SMILES string of the molecule is c1ccc(-c2cc(-c3cccc(-n4c5ccccc5c5ccccc54)c3)ccc2N(c2ccc(-c3ccc4ccccc4c3)cc2)c2ccc(-n3c4ccccc4c4ccccc43)cc2)cc1. The normalized spacial score (nSPS) is 11.6. The van der Waals surface area contributed by atoms with Crippen molar-refractivity contribution in [2.24, 2.45) is 0 Å². The van der Waals surface area contributed by atoms with Crippen molar-refractivity contribution in [2.75, 3.05) is 4.90 Å². The molecular formula is C64H43N3. The van der Waals surface area contributed by atoms with Crippen molar-refractivity contribution >= 4 is 71.4 Å². The Balaban J connectivity index is 0.966. The summed E-state index contributed by atoms with van der Waals surface area (Å²) in [5.41, 5.74) is 17.3. The first-order chi connectivity index (χ1) is 33.2. The monoisotopic (exact) mass is 853 g/mol. The molecule has 3 heteroatoms. The van der Waals surface area contributed by atoms with Gasteiger partial charge in [-0.25, -0.2) is 0 Å². The van der Waals surface area contributed by atoms with Gasteiger partial charge in [-0.2, -0.15) is 0 Å². The molecular weight excluding hydrogens is 811 g/mol. The van der Waals surface area contributed by atoms with E-state index in [1.807, 2.05) is 0 Å². The van der Waals surface area contributed by atoms with Crippen LogP contribution in [0.15, 0.2) is 261 Å². The maximum atomic E-state index is 2.42. The molecule has 67 heavy (non-hydrogen) atoms. The van der Waals surface area contributed by atoms with Crippen LogP contribution in [0.2, 0.25) is 0 Å². The number of benzene rings is 11. The van der Waals surface area contributed by atoms with Gasteiger partial charge in [0.15, 0.2) is 0 Å². The molecule has 0 spiro atoms. The van der Waals surface area contributed by atoms with Gasteiger partial charge in [-0.15, -0.1) is 0 Å². The summed E-state index contributed by atoms with van der Waals surface area (Å²) in [6.07, 6.45) is 0. The van der Waals surface area contributed by atoms with Crippen LogP contribution in [0.3, 0.4) is 0 Å². The summed E-state index contributed by atoms with van der Waals surface area (Å²) in [5, 5.41) is 7.50. The third kappa shape index (κ3) is 6.59. The Hall–Kier alpha value is -8.92. The van der Waals surface area contributed by atoms with E-state index in [4.69, 9.17) is 0 Å². The molecule has 0 atom stereocenters. The second-order valence-electron chi connectivity index (χ2n) is 17.3. The van der Waals surface area contributed by atoms with Gasteiger partial charge in [-0.1, -0.05) is 170 Å². The second-order valence-corrected chi connectivity index (χ2v) is 17.3. The van der Waals surface area contributed by atoms with Crippen molar-refractivity contribution in [2.45, 2.75) is 0 Å². The number of aromatic nitrogens is 2. The zero-order valence-corrected chi connectivity index (χ0v) is 36.7. The molecule has 0 saturated carbocycles. The van der Waals surface area contributed by atoms with E-state index in [-0.39, 0.29) is 0 Å². The van der Waals surface area contributed by atoms with Crippen molar-refractivity contribution in [3.63, 3.8) is 0 Å². The molecule has 0 fully saturated rings. The number of fused-ring (bicyclic) bond motifs is 7. The Bertz CT molecular complexity index is 3860. The third-order valence-corrected chi connectivity index (χ3v) is 13.5. The molecule has 0 aliphatic carbocycles. The summed E-state index contributed by atoms with van der Waals surface area (Å²) in [6.45, 7) is 0. The minimum atomic E-state index is 1.07. The summed E-state index contributed by atoms with van der Waals surface area (Å²) >= 11 is 0. The highest BCUT2D eigenvalue weighted by Crippen LogP contribution is 2.44. The third-order valence-electron chi connectivity index (χ3n) is 13.5. The lowest BCUT2D eigenvalue weighted by atomic mass is 9.95. The summed E-state index contributed by atoms with van der Waals surface area (Å²) in [6, 6.07) is 95.0. The number of nitrogens with zero attached hydrogens (tertiary/aromatic N) is 3. The molecule has 11 aromatic carbocycles. The lowest BCUT2D eigenvalue weighted by Gasteiger charge is -2.29. The molecule has 0 unspecified atom stereocenters. The molecule has 0 aliphatic heterocycles. The Morgan fingerprint density at radius 2 is 0.701 bits per heavy atom. The molecule has 13 aromatic rings. The van der Waals surface area contributed by atoms with E-state index >= 15 is 0 Å². The Labute approximate surface area is 389 Å². The van der Waals surface area contributed by atoms with Crippen LogP contribution in [0, 0.1) is 0 Å². The van der Waals surface area contributed by atoms with E-state index in [0.717, 1.165) is 50.7 Å². The molecule has 0 N–H and O–H groups in total. The fourth-order valence-corrected chi connectivity index (χ4v) is 10.3. The maximum Gasteiger partial charge on any atom is 0.0541 e. The second kappa shape index (κ2) is 16.0. The van der Waals surface area contributed by atoms with Gasteiger partial charge in [0.1, 0.15) is 0 Å². The Kier molecular flexibility index (Phi) is 9.17. The topological polar surface area (TPSA) is 13.1 Å². The molecule has 0 radical (unpaired) electrons. The largest absolute Gasteiger partial charge is 0.310 e. The zero-order chi connectivity index (χ0) is 44.3. The van der Waals surface area contributed by atoms with E-state index in [0.29, 0.717) is 0 Å². The van der Waals surface area contributed by atoms with Gasteiger partial charge in [-0.3, -0.25) is 0 Å². The first-order valence-corrected chi connectivity index (χ1v) is 23.0. The minimum Gasteiger partial charge on any atom is -0.310 e. The average molecular weight is 854 g/mol. The van der Waals surface area contributed by atoms with Crippen LogP contribution >= 0.6 is 0 Å². The van der Waals surface area contributed by atoms with Crippen molar-refractivity contribution in [3.05, 3.63) is 261 Å². The highest BCUT2D eigenvalue weighted by atomic mass is 15.1. The van der Waals surface area contributed by atoms with Gasteiger partial charge < -0.3 is 14.0 Å². The van der Waals surface area contributed by atoms with Gasteiger partial charge >= 0.3 is 0 Å². The van der Waals surface area contributed by atoms with Crippen LogP contribution in [0.4, 0.5) is 17.1 Å². The summed E-state index contributed by atoms with van der Waals surface area (Å²) < 4.78 is 4.78. The van der Waals surface area contributed by atoms with Crippen molar-refractivity contribution in [3.8, 4) is 44.8 Å². The number of anilines is 3. The van der Waals surface area contributed by atoms with Gasteiger partial charge in [0.25, 0.3) is 0 Å². The van der Waals surface area contributed by atoms with Crippen LogP contribution < -0.4 is 4.90 Å². The van der Waals surface area contributed by atoms with Crippen LogP contribution in [0.5, 0.6) is 0 Å². The lowest BCUT2D eigenvalue weighted by molar-refractivity contribution is 1.17. The summed E-state index contributed by atoms with van der Waals surface area (Å²) in [5.74, 6) is 0. The fourth-order valence-electron chi connectivity index (χ4n) is 10.3. The van der Waals surface area contributed by atoms with Gasteiger partial charge in [-0.05, 0) is 130 Å². The summed E-state index contributed by atoms with van der Waals surface area (Å²) in [4.78, 5) is 2.42. The highest BCUT2D eigenvalue weighted by Gasteiger charge is 2.20. The van der Waals surface area contributed by atoms with E-state index in [2.05, 4.69) is 275 Å². The number of hydrogen-bond acceptors (Lipinski definition) is 1. The molecule has 0 saturated heterocycles. The van der Waals surface area contributed by atoms with E-state index in [1.165, 1.54) is 65.5 Å². The molecule has 0 aliphatic rings. The van der Waals surface area contributed by atoms with Gasteiger partial charge in [0.2, 0.25) is 0 Å². The standard InChI is InChI=1S/C64H43N3/c1-2-16-46(17-3-1)59-43-50(48-19-14-20-54(42-48)67-62-27-12-8-23-57(62)58-24-9-13-28-63(58)67)33-40-64(59)65(51-34-31-45(32-35-51)49-30-29-44-15-4-5-18-47(44)41-49)52-36-38-53(39-37-52)66-60-25-10-6-21-55(60)56-22-7-11-26-61(56)66/h1-43H. The quantitative estimate of drug-likeness (QED) is 0.148. The number of hydrogen-bond donors (Lipinski definition) is 0. The zero-order valence-electron chi connectivity index (χ0n) is 36.7. The summed E-state index contributed by atoms with van der Waals surface area (Å²) in [7, 11) is 0. The van der Waals surface area contributed by atoms with Crippen LogP contribution in [0.25, 0.3) is 99.1 Å². The molecule has 0 bridgehead atoms. The number of para-hydroxylation sites is 4. The molecule has 2 aromatic heterocycles. The molecule has 13 rings (SSSR count). The lowest BCUT2D eigenvalue weighted by Crippen LogP contribution is -2.11. The molecule has 2 heterocycles. The average Bonchev–Trinajstić information content (AvgIpc) is 3.93. The minimum absolute atomic E-state index is 1.07. The molecule has 314 valence electrons. The van der Waals surface area contributed by atoms with Crippen molar-refractivity contribution < 1.29 is 0 Å². The van der Waals surface area contributed by atoms with Crippen LogP contribution in [0.1, 0.15) is 0 Å². The van der Waals surface area contributed by atoms with Gasteiger partial charge in [0.05, 0.1) is 27.8 Å². The smallest absolute Gasteiger partial charge is 0.0541 e. The van der Waals surface area contributed by atoms with Gasteiger partial charge in [0, 0.05) is 49.9 Å². The predicted molar refractivity (Wildman–Crippen MR) is 284 cm³/mol. The first-order valence-electron chi connectivity index (χ1n) is 23.0. The van der Waals surface area contributed by atoms with E-state index in [1.54, 1.807) is 0 Å². The van der Waals surface area contributed by atoms with Crippen molar-refractivity contribution in [1.29, 1.82) is 0 Å². The van der Waals surface area contributed by atoms with Crippen molar-refractivity contribution in [1.82, 2.24) is 9.13 Å². The fraction of sp³-hybridized carbons (Fsp3) is 0. The Morgan fingerprint density at radius 3 is 1.31 bits per heavy atom. The Morgan fingerprint density at radius 1 is 0.254 bits per heavy atom. The first kappa shape index (κ1) is 38.5. The van der Waals surface area contributed by atoms with E-state index in [9.17, 15) is 0 Å². The van der Waals surface area contributed by atoms with Crippen LogP contribution in [-0.4, -0.2) is 9.13 Å². The molecule has 0 amide bonds. The highest BCUT2D eigenvalue weighted by molar-refractivity contribution is 6.10. The van der Waals surface area contributed by atoms with E-state index < -0.39 is 0 Å². The van der Waals surface area contributed by atoms with Crippen LogP contribution in [-0.2, 0) is 0 Å².